The third kappa shape index (κ3) is 4.34. The van der Waals surface area contributed by atoms with Crippen LogP contribution in [0.1, 0.15) is 32.6 Å². The molecule has 2 aromatic carbocycles. The Labute approximate surface area is 154 Å². The largest absolute Gasteiger partial charge is 0.484 e. The van der Waals surface area contributed by atoms with E-state index in [0.29, 0.717) is 5.75 Å². The molecule has 1 unspecified atom stereocenters. The van der Waals surface area contributed by atoms with Gasteiger partial charge in [0.05, 0.1) is 0 Å². The number of carbonyl (C=O) groups excluding carboxylic acids is 2. The van der Waals surface area contributed by atoms with Crippen LogP contribution in [0, 0.1) is 0 Å². The van der Waals surface area contributed by atoms with Gasteiger partial charge in [-0.25, -0.2) is 0 Å². The van der Waals surface area contributed by atoms with Crippen molar-refractivity contribution in [3.05, 3.63) is 42.5 Å². The summed E-state index contributed by atoms with van der Waals surface area (Å²) in [6, 6.07) is 13.5. The van der Waals surface area contributed by atoms with Gasteiger partial charge in [-0.3, -0.25) is 9.59 Å². The minimum Gasteiger partial charge on any atom is -0.484 e. The van der Waals surface area contributed by atoms with E-state index in [0.717, 1.165) is 36.5 Å². The van der Waals surface area contributed by atoms with Crippen molar-refractivity contribution in [3.63, 3.8) is 0 Å². The molecule has 2 amide bonds. The van der Waals surface area contributed by atoms with Gasteiger partial charge in [0.25, 0.3) is 5.91 Å². The molecule has 5 nitrogen and oxygen atoms in total. The minimum atomic E-state index is -0.511. The van der Waals surface area contributed by atoms with Gasteiger partial charge in [0.1, 0.15) is 11.8 Å². The molecule has 3 rings (SSSR count). The van der Waals surface area contributed by atoms with Crippen LogP contribution in [0.25, 0.3) is 10.8 Å². The van der Waals surface area contributed by atoms with Crippen LogP contribution < -0.4 is 10.1 Å². The molecule has 1 N–H and O–H groups in total. The molecule has 1 fully saturated rings. The molecule has 0 aromatic heterocycles. The highest BCUT2D eigenvalue weighted by atomic mass is 16.5. The van der Waals surface area contributed by atoms with Crippen molar-refractivity contribution in [1.82, 2.24) is 10.2 Å². The molecule has 26 heavy (non-hydrogen) atoms. The first-order valence-corrected chi connectivity index (χ1v) is 9.22. The maximum absolute atomic E-state index is 12.4. The number of ether oxygens (including phenoxy) is 1. The van der Waals surface area contributed by atoms with Gasteiger partial charge in [-0.2, -0.15) is 0 Å². The Bertz CT molecular complexity index is 784. The molecular weight excluding hydrogens is 328 g/mol. The van der Waals surface area contributed by atoms with Crippen LogP contribution >= 0.6 is 0 Å². The highest BCUT2D eigenvalue weighted by molar-refractivity contribution is 5.88. The van der Waals surface area contributed by atoms with E-state index in [2.05, 4.69) is 5.32 Å². The lowest BCUT2D eigenvalue weighted by Gasteiger charge is -2.25. The van der Waals surface area contributed by atoms with Crippen molar-refractivity contribution in [3.8, 4) is 5.75 Å². The lowest BCUT2D eigenvalue weighted by molar-refractivity contribution is -0.140. The van der Waals surface area contributed by atoms with E-state index >= 15 is 0 Å². The Balaban J connectivity index is 1.53. The van der Waals surface area contributed by atoms with Crippen LogP contribution in [0.2, 0.25) is 0 Å². The number of amides is 2. The average molecular weight is 354 g/mol. The summed E-state index contributed by atoms with van der Waals surface area (Å²) in [5, 5.41) is 5.23. The second-order valence-electron chi connectivity index (χ2n) is 6.97. The van der Waals surface area contributed by atoms with Gasteiger partial charge in [0.2, 0.25) is 5.91 Å². The van der Waals surface area contributed by atoms with Crippen molar-refractivity contribution in [2.45, 2.75) is 44.7 Å². The third-order valence-corrected chi connectivity index (χ3v) is 5.14. The smallest absolute Gasteiger partial charge is 0.260 e. The maximum Gasteiger partial charge on any atom is 0.260 e. The summed E-state index contributed by atoms with van der Waals surface area (Å²) in [5.41, 5.74) is 0. The van der Waals surface area contributed by atoms with Crippen LogP contribution in [0.4, 0.5) is 0 Å². The fourth-order valence-corrected chi connectivity index (χ4v) is 3.29. The minimum absolute atomic E-state index is 0.0874. The SMILES string of the molecule is CC(C(=O)NC1CCCC1)N(C)C(=O)COc1ccc2ccccc2c1. The molecule has 0 radical (unpaired) electrons. The number of hydrogen-bond donors (Lipinski definition) is 1. The molecule has 1 aliphatic carbocycles. The predicted molar refractivity (Wildman–Crippen MR) is 102 cm³/mol. The first kappa shape index (κ1) is 18.2. The number of benzene rings is 2. The molecule has 1 saturated carbocycles. The third-order valence-electron chi connectivity index (χ3n) is 5.14. The number of likely N-dealkylation sites (N-methyl/N-ethyl adjacent to an activating group) is 1. The molecule has 0 spiro atoms. The zero-order valence-corrected chi connectivity index (χ0v) is 15.4. The number of fused-ring (bicyclic) bond motifs is 1. The van der Waals surface area contributed by atoms with Crippen LogP contribution in [0.3, 0.4) is 0 Å². The van der Waals surface area contributed by atoms with Crippen molar-refractivity contribution in [2.75, 3.05) is 13.7 Å². The molecule has 0 heterocycles. The van der Waals surface area contributed by atoms with Gasteiger partial charge in [-0.1, -0.05) is 43.2 Å². The first-order chi connectivity index (χ1) is 12.5. The van der Waals surface area contributed by atoms with Crippen LogP contribution in [0.15, 0.2) is 42.5 Å². The number of rotatable bonds is 6. The number of carbonyl (C=O) groups is 2. The second-order valence-corrected chi connectivity index (χ2v) is 6.97. The van der Waals surface area contributed by atoms with E-state index in [9.17, 15) is 9.59 Å². The molecule has 2 aromatic rings. The van der Waals surface area contributed by atoms with Gasteiger partial charge >= 0.3 is 0 Å². The molecule has 1 atom stereocenters. The number of nitrogens with zero attached hydrogens (tertiary/aromatic N) is 1. The summed E-state index contributed by atoms with van der Waals surface area (Å²) in [7, 11) is 1.64. The monoisotopic (exact) mass is 354 g/mol. The maximum atomic E-state index is 12.4. The molecule has 0 bridgehead atoms. The Kier molecular flexibility index (Phi) is 5.76. The summed E-state index contributed by atoms with van der Waals surface area (Å²) in [5.74, 6) is 0.333. The van der Waals surface area contributed by atoms with E-state index in [1.165, 1.54) is 4.90 Å². The summed E-state index contributed by atoms with van der Waals surface area (Å²) < 4.78 is 5.64. The zero-order chi connectivity index (χ0) is 18.5. The van der Waals surface area contributed by atoms with Crippen LogP contribution in [-0.2, 0) is 9.59 Å². The van der Waals surface area contributed by atoms with Gasteiger partial charge in [0.15, 0.2) is 6.61 Å². The average Bonchev–Trinajstić information content (AvgIpc) is 3.17. The van der Waals surface area contributed by atoms with E-state index < -0.39 is 6.04 Å². The fourth-order valence-electron chi connectivity index (χ4n) is 3.29. The Morgan fingerprint density at radius 2 is 1.85 bits per heavy atom. The van der Waals surface area contributed by atoms with Crippen LogP contribution in [0.5, 0.6) is 5.75 Å². The highest BCUT2D eigenvalue weighted by Gasteiger charge is 2.25. The molecule has 1 aliphatic rings. The Morgan fingerprint density at radius 1 is 1.15 bits per heavy atom. The lowest BCUT2D eigenvalue weighted by Crippen LogP contribution is -2.49. The molecule has 5 heteroatoms. The summed E-state index contributed by atoms with van der Waals surface area (Å²) >= 11 is 0. The van der Waals surface area contributed by atoms with Crippen molar-refractivity contribution < 1.29 is 14.3 Å². The van der Waals surface area contributed by atoms with Crippen molar-refractivity contribution >= 4 is 22.6 Å². The Hall–Kier alpha value is -2.56. The Morgan fingerprint density at radius 3 is 2.58 bits per heavy atom. The number of hydrogen-bond acceptors (Lipinski definition) is 3. The van der Waals surface area contributed by atoms with Crippen molar-refractivity contribution in [2.24, 2.45) is 0 Å². The molecule has 0 saturated heterocycles. The fraction of sp³-hybridized carbons (Fsp3) is 0.429. The zero-order valence-electron chi connectivity index (χ0n) is 15.4. The van der Waals surface area contributed by atoms with E-state index in [1.54, 1.807) is 14.0 Å². The topological polar surface area (TPSA) is 58.6 Å². The van der Waals surface area contributed by atoms with Crippen molar-refractivity contribution in [1.29, 1.82) is 0 Å². The van der Waals surface area contributed by atoms with E-state index in [1.807, 2.05) is 42.5 Å². The number of nitrogens with one attached hydrogen (secondary N) is 1. The van der Waals surface area contributed by atoms with Gasteiger partial charge in [-0.15, -0.1) is 0 Å². The standard InChI is InChI=1S/C21H26N2O3/c1-15(21(25)22-18-9-5-6-10-18)23(2)20(24)14-26-19-12-11-16-7-3-4-8-17(16)13-19/h3-4,7-8,11-13,15,18H,5-6,9-10,14H2,1-2H3,(H,22,25). The first-order valence-electron chi connectivity index (χ1n) is 9.22. The van der Waals surface area contributed by atoms with Gasteiger partial charge in [0, 0.05) is 13.1 Å². The highest BCUT2D eigenvalue weighted by Crippen LogP contribution is 2.21. The van der Waals surface area contributed by atoms with Gasteiger partial charge < -0.3 is 15.0 Å². The normalized spacial score (nSPS) is 15.6. The van der Waals surface area contributed by atoms with E-state index in [-0.39, 0.29) is 24.5 Å². The summed E-state index contributed by atoms with van der Waals surface area (Å²) in [6.45, 7) is 1.66. The summed E-state index contributed by atoms with van der Waals surface area (Å²) in [4.78, 5) is 26.2. The lowest BCUT2D eigenvalue weighted by atomic mass is 10.1. The second kappa shape index (κ2) is 8.21. The quantitative estimate of drug-likeness (QED) is 0.867. The summed E-state index contributed by atoms with van der Waals surface area (Å²) in [6.07, 6.45) is 4.38. The van der Waals surface area contributed by atoms with Crippen LogP contribution in [-0.4, -0.2) is 42.5 Å². The predicted octanol–water partition coefficient (Wildman–Crippen LogP) is 3.12. The van der Waals surface area contributed by atoms with E-state index in [4.69, 9.17) is 4.74 Å². The van der Waals surface area contributed by atoms with Gasteiger partial charge in [-0.05, 0) is 42.7 Å². The molecule has 138 valence electrons. The molecular formula is C21H26N2O3. The molecule has 0 aliphatic heterocycles.